The van der Waals surface area contributed by atoms with Crippen LogP contribution >= 0.6 is 15.9 Å². The Balaban J connectivity index is 3.15. The van der Waals surface area contributed by atoms with Crippen molar-refractivity contribution in [3.05, 3.63) is 28.0 Å². The lowest BCUT2D eigenvalue weighted by Gasteiger charge is -1.96. The van der Waals surface area contributed by atoms with Crippen LogP contribution < -0.4 is 5.73 Å². The minimum absolute atomic E-state index is 0.389. The first-order valence-electron chi connectivity index (χ1n) is 3.03. The zero-order valence-electron chi connectivity index (χ0n) is 5.71. The molecule has 0 fully saturated rings. The number of rotatable bonds is 1. The Morgan fingerprint density at radius 3 is 2.91 bits per heavy atom. The van der Waals surface area contributed by atoms with Crippen LogP contribution in [0.2, 0.25) is 0 Å². The number of pyridine rings is 1. The van der Waals surface area contributed by atoms with Crippen molar-refractivity contribution in [1.82, 2.24) is 4.98 Å². The summed E-state index contributed by atoms with van der Waals surface area (Å²) < 4.78 is 0.650. The first-order valence-corrected chi connectivity index (χ1v) is 3.82. The molecule has 0 saturated heterocycles. The Morgan fingerprint density at radius 2 is 2.36 bits per heavy atom. The van der Waals surface area contributed by atoms with E-state index in [2.05, 4.69) is 20.9 Å². The molecule has 4 heteroatoms. The maximum atomic E-state index is 8.51. The molecule has 2 N–H and O–H groups in total. The minimum atomic E-state index is 0.389. The Kier molecular flexibility index (Phi) is 2.58. The SMILES string of the molecule is N#Cc1cc(CN)cc(Br)n1. The van der Waals surface area contributed by atoms with Crippen LogP contribution in [0.4, 0.5) is 0 Å². The number of nitriles is 1. The quantitative estimate of drug-likeness (QED) is 0.710. The predicted octanol–water partition coefficient (Wildman–Crippen LogP) is 1.17. The summed E-state index contributed by atoms with van der Waals surface area (Å²) in [4.78, 5) is 3.90. The van der Waals surface area contributed by atoms with Gasteiger partial charge < -0.3 is 5.73 Å². The van der Waals surface area contributed by atoms with Crippen LogP contribution in [0.25, 0.3) is 0 Å². The van der Waals surface area contributed by atoms with Gasteiger partial charge in [0.2, 0.25) is 0 Å². The monoisotopic (exact) mass is 211 g/mol. The van der Waals surface area contributed by atoms with Crippen LogP contribution in [-0.2, 0) is 6.54 Å². The number of aromatic nitrogens is 1. The zero-order chi connectivity index (χ0) is 8.27. The molecule has 0 aliphatic carbocycles. The van der Waals surface area contributed by atoms with Crippen molar-refractivity contribution < 1.29 is 0 Å². The lowest BCUT2D eigenvalue weighted by molar-refractivity contribution is 1.04. The van der Waals surface area contributed by atoms with E-state index >= 15 is 0 Å². The van der Waals surface area contributed by atoms with E-state index in [0.717, 1.165) is 5.56 Å². The fraction of sp³-hybridized carbons (Fsp3) is 0.143. The highest BCUT2D eigenvalue weighted by molar-refractivity contribution is 9.10. The fourth-order valence-corrected chi connectivity index (χ4v) is 1.21. The van der Waals surface area contributed by atoms with Crippen molar-refractivity contribution in [2.45, 2.75) is 6.54 Å². The van der Waals surface area contributed by atoms with Gasteiger partial charge >= 0.3 is 0 Å². The van der Waals surface area contributed by atoms with E-state index in [1.54, 1.807) is 12.1 Å². The fourth-order valence-electron chi connectivity index (χ4n) is 0.725. The van der Waals surface area contributed by atoms with Gasteiger partial charge in [-0.1, -0.05) is 0 Å². The highest BCUT2D eigenvalue weighted by Crippen LogP contribution is 2.10. The molecule has 0 atom stereocenters. The van der Waals surface area contributed by atoms with E-state index in [9.17, 15) is 0 Å². The Labute approximate surface area is 73.0 Å². The van der Waals surface area contributed by atoms with Crippen LogP contribution in [0, 0.1) is 11.3 Å². The normalized spacial score (nSPS) is 9.18. The molecule has 11 heavy (non-hydrogen) atoms. The number of hydrogen-bond acceptors (Lipinski definition) is 3. The highest BCUT2D eigenvalue weighted by Gasteiger charge is 1.97. The average molecular weight is 212 g/mol. The number of hydrogen-bond donors (Lipinski definition) is 1. The largest absolute Gasteiger partial charge is 0.326 e. The van der Waals surface area contributed by atoms with Gasteiger partial charge in [0.1, 0.15) is 16.4 Å². The Bertz CT molecular complexity index is 303. The number of nitrogens with two attached hydrogens (primary N) is 1. The van der Waals surface area contributed by atoms with E-state index in [4.69, 9.17) is 11.0 Å². The van der Waals surface area contributed by atoms with Crippen molar-refractivity contribution in [2.75, 3.05) is 0 Å². The number of nitrogens with zero attached hydrogens (tertiary/aromatic N) is 2. The molecule has 0 aromatic carbocycles. The molecule has 0 unspecified atom stereocenters. The zero-order valence-corrected chi connectivity index (χ0v) is 7.30. The summed E-state index contributed by atoms with van der Waals surface area (Å²) in [7, 11) is 0. The van der Waals surface area contributed by atoms with Crippen molar-refractivity contribution >= 4 is 15.9 Å². The van der Waals surface area contributed by atoms with Crippen molar-refractivity contribution in [3.63, 3.8) is 0 Å². The molecule has 1 aromatic heterocycles. The van der Waals surface area contributed by atoms with Crippen LogP contribution in [0.3, 0.4) is 0 Å². The maximum Gasteiger partial charge on any atom is 0.142 e. The molecule has 0 saturated carbocycles. The van der Waals surface area contributed by atoms with Crippen molar-refractivity contribution in [2.24, 2.45) is 5.73 Å². The van der Waals surface area contributed by atoms with Gasteiger partial charge in [0.25, 0.3) is 0 Å². The third-order valence-corrected chi connectivity index (χ3v) is 1.61. The molecule has 0 aliphatic heterocycles. The van der Waals surface area contributed by atoms with E-state index in [1.165, 1.54) is 0 Å². The summed E-state index contributed by atoms with van der Waals surface area (Å²) in [6.07, 6.45) is 0. The standard InChI is InChI=1S/C7H6BrN3/c8-7-2-5(3-9)1-6(4-10)11-7/h1-2H,3,9H2. The lowest BCUT2D eigenvalue weighted by Crippen LogP contribution is -1.98. The van der Waals surface area contributed by atoms with Gasteiger partial charge in [0, 0.05) is 6.54 Å². The molecule has 0 radical (unpaired) electrons. The van der Waals surface area contributed by atoms with Gasteiger partial charge in [-0.25, -0.2) is 4.98 Å². The summed E-state index contributed by atoms with van der Waals surface area (Å²) in [6.45, 7) is 0.426. The van der Waals surface area contributed by atoms with Crippen LogP contribution in [0.5, 0.6) is 0 Å². The summed E-state index contributed by atoms with van der Waals surface area (Å²) in [5.74, 6) is 0. The van der Waals surface area contributed by atoms with Gasteiger partial charge in [-0.2, -0.15) is 5.26 Å². The van der Waals surface area contributed by atoms with Gasteiger partial charge in [-0.15, -0.1) is 0 Å². The van der Waals surface area contributed by atoms with Crippen LogP contribution in [0.1, 0.15) is 11.3 Å². The molecular weight excluding hydrogens is 206 g/mol. The van der Waals surface area contributed by atoms with Gasteiger partial charge in [-0.3, -0.25) is 0 Å². The number of halogens is 1. The Hall–Kier alpha value is -0.920. The third kappa shape index (κ3) is 2.00. The molecule has 0 bridgehead atoms. The van der Waals surface area contributed by atoms with E-state index in [-0.39, 0.29) is 0 Å². The van der Waals surface area contributed by atoms with Gasteiger partial charge in [0.15, 0.2) is 0 Å². The molecule has 1 rings (SSSR count). The summed E-state index contributed by atoms with van der Waals surface area (Å²) in [6, 6.07) is 5.41. The second-order valence-corrected chi connectivity index (χ2v) is 2.81. The summed E-state index contributed by atoms with van der Waals surface area (Å²) in [5.41, 5.74) is 6.68. The summed E-state index contributed by atoms with van der Waals surface area (Å²) in [5, 5.41) is 8.51. The topological polar surface area (TPSA) is 62.7 Å². The van der Waals surface area contributed by atoms with Crippen molar-refractivity contribution in [1.29, 1.82) is 5.26 Å². The summed E-state index contributed by atoms with van der Waals surface area (Å²) >= 11 is 3.18. The predicted molar refractivity (Wildman–Crippen MR) is 44.5 cm³/mol. The molecule has 56 valence electrons. The first kappa shape index (κ1) is 8.18. The van der Waals surface area contributed by atoms with Crippen LogP contribution in [0.15, 0.2) is 16.7 Å². The second-order valence-electron chi connectivity index (χ2n) is 2.00. The molecule has 1 heterocycles. The molecule has 0 amide bonds. The maximum absolute atomic E-state index is 8.51. The minimum Gasteiger partial charge on any atom is -0.326 e. The molecule has 3 nitrogen and oxygen atoms in total. The third-order valence-electron chi connectivity index (χ3n) is 1.20. The van der Waals surface area contributed by atoms with Gasteiger partial charge in [-0.05, 0) is 33.6 Å². The highest BCUT2D eigenvalue weighted by atomic mass is 79.9. The second kappa shape index (κ2) is 3.46. The van der Waals surface area contributed by atoms with Crippen LogP contribution in [-0.4, -0.2) is 4.98 Å². The molecule has 0 aliphatic rings. The van der Waals surface area contributed by atoms with E-state index < -0.39 is 0 Å². The molecular formula is C7H6BrN3. The smallest absolute Gasteiger partial charge is 0.142 e. The van der Waals surface area contributed by atoms with E-state index in [0.29, 0.717) is 16.8 Å². The molecule has 0 spiro atoms. The van der Waals surface area contributed by atoms with E-state index in [1.807, 2.05) is 6.07 Å². The first-order chi connectivity index (χ1) is 5.26. The van der Waals surface area contributed by atoms with Gasteiger partial charge in [0.05, 0.1) is 0 Å². The average Bonchev–Trinajstić information content (AvgIpc) is 2.03. The Morgan fingerprint density at radius 1 is 1.64 bits per heavy atom. The lowest BCUT2D eigenvalue weighted by atomic mass is 10.2. The van der Waals surface area contributed by atoms with Crippen molar-refractivity contribution in [3.8, 4) is 6.07 Å². The molecule has 1 aromatic rings.